The van der Waals surface area contributed by atoms with E-state index < -0.39 is 5.60 Å². The second-order valence-electron chi connectivity index (χ2n) is 8.79. The summed E-state index contributed by atoms with van der Waals surface area (Å²) in [5, 5.41) is 0. The first-order valence-corrected chi connectivity index (χ1v) is 10.6. The van der Waals surface area contributed by atoms with Crippen LogP contribution in [0.4, 0.5) is 0 Å². The van der Waals surface area contributed by atoms with Crippen LogP contribution in [0.25, 0.3) is 0 Å². The summed E-state index contributed by atoms with van der Waals surface area (Å²) in [6, 6.07) is 9.93. The number of piperidine rings is 1. The molecule has 2 fully saturated rings. The average Bonchev–Trinajstić information content (AvgIpc) is 3.05. The van der Waals surface area contributed by atoms with Crippen LogP contribution in [-0.2, 0) is 4.79 Å². The number of hydrogen-bond acceptors (Lipinski definition) is 2. The van der Waals surface area contributed by atoms with Gasteiger partial charge in [0.1, 0.15) is 5.75 Å². The van der Waals surface area contributed by atoms with Crippen molar-refractivity contribution in [2.24, 2.45) is 17.8 Å². The molecule has 1 saturated heterocycles. The molecule has 0 N–H and O–H groups in total. The Kier molecular flexibility index (Phi) is 6.26. The molecule has 3 nitrogen and oxygen atoms in total. The molecule has 0 bridgehead atoms. The molecule has 26 heavy (non-hydrogen) atoms. The SMILES string of the molecule is CCC1CCN(C(=O)C2(Oc3ccccc3)CCC(CC(C)C)C2)CC1. The van der Waals surface area contributed by atoms with Crippen LogP contribution in [0.15, 0.2) is 30.3 Å². The number of carbonyl (C=O) groups is 1. The molecule has 1 aliphatic carbocycles. The first kappa shape index (κ1) is 19.3. The fourth-order valence-electron chi connectivity index (χ4n) is 4.85. The summed E-state index contributed by atoms with van der Waals surface area (Å²) in [5.74, 6) is 3.11. The van der Waals surface area contributed by atoms with Crippen molar-refractivity contribution < 1.29 is 9.53 Å². The smallest absolute Gasteiger partial charge is 0.266 e. The lowest BCUT2D eigenvalue weighted by atomic mass is 9.90. The van der Waals surface area contributed by atoms with Crippen molar-refractivity contribution in [1.29, 1.82) is 0 Å². The quantitative estimate of drug-likeness (QED) is 0.691. The van der Waals surface area contributed by atoms with Crippen molar-refractivity contribution >= 4 is 5.91 Å². The summed E-state index contributed by atoms with van der Waals surface area (Å²) in [6.45, 7) is 8.60. The molecule has 1 aromatic rings. The second-order valence-corrected chi connectivity index (χ2v) is 8.79. The Morgan fingerprint density at radius 2 is 1.85 bits per heavy atom. The summed E-state index contributed by atoms with van der Waals surface area (Å²) in [4.78, 5) is 15.6. The molecule has 1 aromatic carbocycles. The molecule has 1 aliphatic heterocycles. The third kappa shape index (κ3) is 4.42. The third-order valence-electron chi connectivity index (χ3n) is 6.30. The average molecular weight is 358 g/mol. The number of para-hydroxylation sites is 1. The van der Waals surface area contributed by atoms with Gasteiger partial charge in [0.15, 0.2) is 5.60 Å². The van der Waals surface area contributed by atoms with Crippen LogP contribution in [0.2, 0.25) is 0 Å². The van der Waals surface area contributed by atoms with Crippen LogP contribution in [-0.4, -0.2) is 29.5 Å². The van der Waals surface area contributed by atoms with Crippen LogP contribution in [0, 0.1) is 17.8 Å². The molecular formula is C23H35NO2. The standard InChI is InChI=1S/C23H35NO2/c1-4-19-11-14-24(15-12-19)22(25)23(26-21-8-6-5-7-9-21)13-10-20(17-23)16-18(2)3/h5-9,18-20H,4,10-17H2,1-3H3. The monoisotopic (exact) mass is 357 g/mol. The van der Waals surface area contributed by atoms with Gasteiger partial charge in [-0.15, -0.1) is 0 Å². The molecule has 0 radical (unpaired) electrons. The van der Waals surface area contributed by atoms with Gasteiger partial charge in [-0.05, 0) is 68.4 Å². The van der Waals surface area contributed by atoms with Gasteiger partial charge in [0, 0.05) is 13.1 Å². The van der Waals surface area contributed by atoms with E-state index in [0.717, 1.165) is 56.9 Å². The van der Waals surface area contributed by atoms with Gasteiger partial charge in [-0.1, -0.05) is 45.4 Å². The van der Waals surface area contributed by atoms with Crippen molar-refractivity contribution in [3.05, 3.63) is 30.3 Å². The highest BCUT2D eigenvalue weighted by Gasteiger charge is 2.49. The fourth-order valence-corrected chi connectivity index (χ4v) is 4.85. The zero-order valence-corrected chi connectivity index (χ0v) is 16.7. The minimum atomic E-state index is -0.653. The van der Waals surface area contributed by atoms with Crippen LogP contribution in [0.5, 0.6) is 5.75 Å². The molecule has 0 aromatic heterocycles. The number of carbonyl (C=O) groups excluding carboxylic acids is 1. The summed E-state index contributed by atoms with van der Waals surface area (Å²) < 4.78 is 6.45. The number of likely N-dealkylation sites (tertiary alicyclic amines) is 1. The number of ether oxygens (including phenoxy) is 1. The number of nitrogens with zero attached hydrogens (tertiary/aromatic N) is 1. The highest BCUT2D eigenvalue weighted by atomic mass is 16.5. The molecule has 1 saturated carbocycles. The first-order chi connectivity index (χ1) is 12.5. The van der Waals surface area contributed by atoms with Crippen molar-refractivity contribution in [3.63, 3.8) is 0 Å². The van der Waals surface area contributed by atoms with Crippen molar-refractivity contribution in [3.8, 4) is 5.75 Å². The molecule has 2 aliphatic rings. The van der Waals surface area contributed by atoms with Gasteiger partial charge >= 0.3 is 0 Å². The Hall–Kier alpha value is -1.51. The van der Waals surface area contributed by atoms with E-state index >= 15 is 0 Å². The van der Waals surface area contributed by atoms with Crippen LogP contribution < -0.4 is 4.74 Å². The highest BCUT2D eigenvalue weighted by Crippen LogP contribution is 2.42. The lowest BCUT2D eigenvalue weighted by molar-refractivity contribution is -0.149. The number of rotatable bonds is 6. The maximum absolute atomic E-state index is 13.6. The zero-order chi connectivity index (χ0) is 18.6. The third-order valence-corrected chi connectivity index (χ3v) is 6.30. The summed E-state index contributed by atoms with van der Waals surface area (Å²) in [5.41, 5.74) is -0.653. The van der Waals surface area contributed by atoms with Gasteiger partial charge in [-0.3, -0.25) is 4.79 Å². The largest absolute Gasteiger partial charge is 0.477 e. The molecule has 144 valence electrons. The normalized spacial score (nSPS) is 27.1. The van der Waals surface area contributed by atoms with Gasteiger partial charge in [0.25, 0.3) is 5.91 Å². The lowest BCUT2D eigenvalue weighted by Gasteiger charge is -2.38. The Labute approximate surface area is 159 Å². The Morgan fingerprint density at radius 3 is 2.46 bits per heavy atom. The van der Waals surface area contributed by atoms with E-state index in [4.69, 9.17) is 4.74 Å². The van der Waals surface area contributed by atoms with Crippen molar-refractivity contribution in [2.45, 2.75) is 71.3 Å². The van der Waals surface area contributed by atoms with Gasteiger partial charge < -0.3 is 9.64 Å². The number of amides is 1. The van der Waals surface area contributed by atoms with Gasteiger partial charge in [0.05, 0.1) is 0 Å². The molecule has 1 heterocycles. The molecule has 1 amide bonds. The Bertz CT molecular complexity index is 577. The van der Waals surface area contributed by atoms with Crippen LogP contribution in [0.1, 0.15) is 65.7 Å². The minimum absolute atomic E-state index is 0.238. The maximum atomic E-state index is 13.6. The predicted octanol–water partition coefficient (Wildman–Crippen LogP) is 5.30. The summed E-state index contributed by atoms with van der Waals surface area (Å²) in [6.07, 6.45) is 7.51. The second kappa shape index (κ2) is 8.45. The molecule has 3 heteroatoms. The van der Waals surface area contributed by atoms with E-state index in [-0.39, 0.29) is 5.91 Å². The van der Waals surface area contributed by atoms with E-state index in [1.54, 1.807) is 0 Å². The van der Waals surface area contributed by atoms with Gasteiger partial charge in [0.2, 0.25) is 0 Å². The molecule has 0 spiro atoms. The Morgan fingerprint density at radius 1 is 1.15 bits per heavy atom. The molecule has 2 unspecified atom stereocenters. The van der Waals surface area contributed by atoms with Gasteiger partial charge in [-0.2, -0.15) is 0 Å². The summed E-state index contributed by atoms with van der Waals surface area (Å²) in [7, 11) is 0. The van der Waals surface area contributed by atoms with E-state index in [1.807, 2.05) is 30.3 Å². The maximum Gasteiger partial charge on any atom is 0.266 e. The van der Waals surface area contributed by atoms with E-state index in [1.165, 1.54) is 12.8 Å². The molecule has 3 rings (SSSR count). The highest BCUT2D eigenvalue weighted by molar-refractivity contribution is 5.86. The Balaban J connectivity index is 1.76. The van der Waals surface area contributed by atoms with Crippen molar-refractivity contribution in [1.82, 2.24) is 4.90 Å². The molecule has 2 atom stereocenters. The van der Waals surface area contributed by atoms with E-state index in [2.05, 4.69) is 25.7 Å². The van der Waals surface area contributed by atoms with E-state index in [9.17, 15) is 4.79 Å². The first-order valence-electron chi connectivity index (χ1n) is 10.6. The van der Waals surface area contributed by atoms with Crippen molar-refractivity contribution in [2.75, 3.05) is 13.1 Å². The van der Waals surface area contributed by atoms with E-state index in [0.29, 0.717) is 11.8 Å². The minimum Gasteiger partial charge on any atom is -0.477 e. The van der Waals surface area contributed by atoms with Crippen LogP contribution >= 0.6 is 0 Å². The lowest BCUT2D eigenvalue weighted by Crippen LogP contribution is -2.53. The number of hydrogen-bond donors (Lipinski definition) is 0. The predicted molar refractivity (Wildman–Crippen MR) is 106 cm³/mol. The van der Waals surface area contributed by atoms with Gasteiger partial charge in [-0.25, -0.2) is 0 Å². The fraction of sp³-hybridized carbons (Fsp3) is 0.696. The number of benzene rings is 1. The summed E-state index contributed by atoms with van der Waals surface area (Å²) >= 11 is 0. The zero-order valence-electron chi connectivity index (χ0n) is 16.7. The van der Waals surface area contributed by atoms with Crippen LogP contribution in [0.3, 0.4) is 0 Å². The molecular weight excluding hydrogens is 322 g/mol. The topological polar surface area (TPSA) is 29.5 Å².